The predicted octanol–water partition coefficient (Wildman–Crippen LogP) is 2.77. The maximum atomic E-state index is 11.7. The summed E-state index contributed by atoms with van der Waals surface area (Å²) in [6, 6.07) is 9.43. The third kappa shape index (κ3) is 2.01. The number of hydrogen-bond donors (Lipinski definition) is 2. The van der Waals surface area contributed by atoms with Crippen LogP contribution >= 0.6 is 0 Å². The Morgan fingerprint density at radius 3 is 2.67 bits per heavy atom. The van der Waals surface area contributed by atoms with Crippen molar-refractivity contribution < 1.29 is 9.90 Å². The average Bonchev–Trinajstić information content (AvgIpc) is 3.29. The Labute approximate surface area is 139 Å². The van der Waals surface area contributed by atoms with Gasteiger partial charge >= 0.3 is 0 Å². The lowest BCUT2D eigenvalue weighted by Gasteiger charge is -2.10. The van der Waals surface area contributed by atoms with Gasteiger partial charge in [-0.3, -0.25) is 9.78 Å². The van der Waals surface area contributed by atoms with Crippen LogP contribution in [0.3, 0.4) is 0 Å². The summed E-state index contributed by atoms with van der Waals surface area (Å²) in [6.45, 7) is 1.97. The zero-order valence-corrected chi connectivity index (χ0v) is 13.7. The number of carbonyl (C=O) groups is 1. The quantitative estimate of drug-likeness (QED) is 0.778. The van der Waals surface area contributed by atoms with Crippen LogP contribution in [0.1, 0.15) is 24.1 Å². The first kappa shape index (κ1) is 14.8. The van der Waals surface area contributed by atoms with Crippen LogP contribution in [0.25, 0.3) is 22.2 Å². The van der Waals surface area contributed by atoms with Crippen LogP contribution < -0.4 is 5.73 Å². The van der Waals surface area contributed by atoms with Gasteiger partial charge in [-0.05, 0) is 55.7 Å². The molecule has 24 heavy (non-hydrogen) atoms. The van der Waals surface area contributed by atoms with Crippen molar-refractivity contribution in [2.24, 2.45) is 12.8 Å². The summed E-state index contributed by atoms with van der Waals surface area (Å²) in [6.07, 6.45) is 3.36. The van der Waals surface area contributed by atoms with Gasteiger partial charge in [0.15, 0.2) is 0 Å². The Balaban J connectivity index is 1.87. The SMILES string of the molecule is Cc1cc(O)ccc1-c1cc2cc(C3(C(N)=O)CC3)ncc2n1C. The normalized spacial score (nSPS) is 15.6. The Hall–Kier alpha value is -2.82. The van der Waals surface area contributed by atoms with E-state index in [0.29, 0.717) is 0 Å². The van der Waals surface area contributed by atoms with Crippen molar-refractivity contribution in [1.82, 2.24) is 9.55 Å². The van der Waals surface area contributed by atoms with Crippen molar-refractivity contribution in [2.75, 3.05) is 0 Å². The molecule has 3 N–H and O–H groups in total. The Bertz CT molecular complexity index is 984. The number of nitrogens with zero attached hydrogens (tertiary/aromatic N) is 2. The molecule has 1 amide bonds. The number of primary amides is 1. The zero-order valence-electron chi connectivity index (χ0n) is 13.7. The number of nitrogens with two attached hydrogens (primary N) is 1. The van der Waals surface area contributed by atoms with Crippen molar-refractivity contribution in [2.45, 2.75) is 25.2 Å². The second-order valence-corrected chi connectivity index (χ2v) is 6.66. The molecule has 0 aliphatic heterocycles. The molecule has 5 nitrogen and oxygen atoms in total. The van der Waals surface area contributed by atoms with Crippen LogP contribution in [0.5, 0.6) is 5.75 Å². The summed E-state index contributed by atoms with van der Waals surface area (Å²) < 4.78 is 2.08. The number of amides is 1. The highest BCUT2D eigenvalue weighted by Gasteiger charge is 2.51. The fraction of sp³-hybridized carbons (Fsp3) is 0.263. The number of pyridine rings is 1. The van der Waals surface area contributed by atoms with E-state index in [2.05, 4.69) is 15.6 Å². The Kier molecular flexibility index (Phi) is 2.97. The van der Waals surface area contributed by atoms with Gasteiger partial charge < -0.3 is 15.4 Å². The van der Waals surface area contributed by atoms with E-state index in [1.807, 2.05) is 32.3 Å². The van der Waals surface area contributed by atoms with Crippen molar-refractivity contribution in [1.29, 1.82) is 0 Å². The van der Waals surface area contributed by atoms with Gasteiger partial charge in [-0.25, -0.2) is 0 Å². The molecule has 0 atom stereocenters. The summed E-state index contributed by atoms with van der Waals surface area (Å²) in [5, 5.41) is 10.7. The second kappa shape index (κ2) is 4.84. The van der Waals surface area contributed by atoms with Gasteiger partial charge in [0.2, 0.25) is 5.91 Å². The summed E-state index contributed by atoms with van der Waals surface area (Å²) >= 11 is 0. The van der Waals surface area contributed by atoms with Gasteiger partial charge in [-0.15, -0.1) is 0 Å². The van der Waals surface area contributed by atoms with Crippen LogP contribution in [0.15, 0.2) is 36.5 Å². The van der Waals surface area contributed by atoms with E-state index in [0.717, 1.165) is 46.3 Å². The standard InChI is InChI=1S/C19H19N3O2/c1-11-7-13(23)3-4-14(11)15-8-12-9-17(19(5-6-19)18(20)24)21-10-16(12)22(15)2/h3-4,7-10,23H,5-6H2,1-2H3,(H2,20,24). The highest BCUT2D eigenvalue weighted by molar-refractivity contribution is 5.92. The average molecular weight is 321 g/mol. The fourth-order valence-corrected chi connectivity index (χ4v) is 3.44. The van der Waals surface area contributed by atoms with Crippen LogP contribution in [-0.4, -0.2) is 20.6 Å². The van der Waals surface area contributed by atoms with Crippen LogP contribution in [0.4, 0.5) is 0 Å². The summed E-state index contributed by atoms with van der Waals surface area (Å²) in [5.41, 5.74) is 9.87. The molecule has 1 saturated carbocycles. The molecule has 1 fully saturated rings. The molecule has 0 unspecified atom stereocenters. The highest BCUT2D eigenvalue weighted by Crippen LogP contribution is 2.47. The number of rotatable bonds is 3. The van der Waals surface area contributed by atoms with E-state index >= 15 is 0 Å². The van der Waals surface area contributed by atoms with E-state index < -0.39 is 5.41 Å². The van der Waals surface area contributed by atoms with Gasteiger partial charge in [0.05, 0.1) is 22.8 Å². The maximum absolute atomic E-state index is 11.7. The molecule has 4 rings (SSSR count). The second-order valence-electron chi connectivity index (χ2n) is 6.66. The number of phenols is 1. The minimum absolute atomic E-state index is 0.260. The molecule has 122 valence electrons. The highest BCUT2D eigenvalue weighted by atomic mass is 16.3. The van der Waals surface area contributed by atoms with Gasteiger partial charge in [0, 0.05) is 23.7 Å². The lowest BCUT2D eigenvalue weighted by atomic mass is 10.00. The summed E-state index contributed by atoms with van der Waals surface area (Å²) in [7, 11) is 1.99. The number of aromatic hydroxyl groups is 1. The lowest BCUT2D eigenvalue weighted by Crippen LogP contribution is -2.29. The Morgan fingerprint density at radius 1 is 1.29 bits per heavy atom. The molecule has 0 radical (unpaired) electrons. The van der Waals surface area contributed by atoms with Crippen LogP contribution in [-0.2, 0) is 17.3 Å². The van der Waals surface area contributed by atoms with Crippen LogP contribution in [0.2, 0.25) is 0 Å². The molecule has 0 saturated heterocycles. The van der Waals surface area contributed by atoms with Crippen LogP contribution in [0, 0.1) is 6.92 Å². The monoisotopic (exact) mass is 321 g/mol. The molecule has 1 aromatic carbocycles. The van der Waals surface area contributed by atoms with Crippen molar-refractivity contribution >= 4 is 16.8 Å². The first-order valence-corrected chi connectivity index (χ1v) is 7.98. The molecular weight excluding hydrogens is 302 g/mol. The Morgan fingerprint density at radius 2 is 2.04 bits per heavy atom. The fourth-order valence-electron chi connectivity index (χ4n) is 3.44. The number of fused-ring (bicyclic) bond motifs is 1. The summed E-state index contributed by atoms with van der Waals surface area (Å²) in [5.74, 6) is -0.0315. The number of phenolic OH excluding ortho intramolecular Hbond substituents is 1. The first-order valence-electron chi connectivity index (χ1n) is 7.98. The van der Waals surface area contributed by atoms with Gasteiger partial charge in [-0.2, -0.15) is 0 Å². The molecule has 1 aliphatic rings. The number of carbonyl (C=O) groups excluding carboxylic acids is 1. The molecule has 2 aromatic heterocycles. The van der Waals surface area contributed by atoms with Gasteiger partial charge in [0.1, 0.15) is 5.75 Å². The molecule has 1 aliphatic carbocycles. The van der Waals surface area contributed by atoms with E-state index in [-0.39, 0.29) is 11.7 Å². The minimum atomic E-state index is -0.571. The smallest absolute Gasteiger partial charge is 0.229 e. The van der Waals surface area contributed by atoms with Crippen molar-refractivity contribution in [3.8, 4) is 17.0 Å². The maximum Gasteiger partial charge on any atom is 0.229 e. The van der Waals surface area contributed by atoms with Crippen molar-refractivity contribution in [3.63, 3.8) is 0 Å². The molecular formula is C19H19N3O2. The molecule has 0 spiro atoms. The van der Waals surface area contributed by atoms with Crippen molar-refractivity contribution in [3.05, 3.63) is 47.8 Å². The number of hydrogen-bond acceptors (Lipinski definition) is 3. The van der Waals surface area contributed by atoms with Gasteiger partial charge in [0.25, 0.3) is 0 Å². The third-order valence-electron chi connectivity index (χ3n) is 5.13. The minimum Gasteiger partial charge on any atom is -0.508 e. The number of benzene rings is 1. The summed E-state index contributed by atoms with van der Waals surface area (Å²) in [4.78, 5) is 16.2. The molecule has 0 bridgehead atoms. The number of aryl methyl sites for hydroxylation is 2. The van der Waals surface area contributed by atoms with E-state index in [4.69, 9.17) is 5.73 Å². The van der Waals surface area contributed by atoms with E-state index in [9.17, 15) is 9.90 Å². The first-order chi connectivity index (χ1) is 11.4. The predicted molar refractivity (Wildman–Crippen MR) is 92.7 cm³/mol. The van der Waals surface area contributed by atoms with E-state index in [1.54, 1.807) is 12.1 Å². The molecule has 2 heterocycles. The van der Waals surface area contributed by atoms with E-state index in [1.165, 1.54) is 0 Å². The molecule has 5 heteroatoms. The topological polar surface area (TPSA) is 81.1 Å². The number of aromatic nitrogens is 2. The lowest BCUT2D eigenvalue weighted by molar-refractivity contribution is -0.120. The molecule has 3 aromatic rings. The zero-order chi connectivity index (χ0) is 17.1. The third-order valence-corrected chi connectivity index (χ3v) is 5.13. The largest absolute Gasteiger partial charge is 0.508 e. The van der Waals surface area contributed by atoms with Gasteiger partial charge in [-0.1, -0.05) is 0 Å².